The summed E-state index contributed by atoms with van der Waals surface area (Å²) < 4.78 is 1.13. The van der Waals surface area contributed by atoms with E-state index in [1.807, 2.05) is 36.4 Å². The molecule has 0 saturated heterocycles. The van der Waals surface area contributed by atoms with Crippen molar-refractivity contribution in [2.45, 2.75) is 64.6 Å². The van der Waals surface area contributed by atoms with Crippen LogP contribution in [0.3, 0.4) is 0 Å². The number of carboxylic acid groups (broad SMARTS) is 1. The highest BCUT2D eigenvalue weighted by molar-refractivity contribution is 7.19. The van der Waals surface area contributed by atoms with Crippen molar-refractivity contribution >= 4 is 44.8 Å². The van der Waals surface area contributed by atoms with E-state index in [4.69, 9.17) is 16.7 Å². The molecule has 5 nitrogen and oxygen atoms in total. The fourth-order valence-corrected chi connectivity index (χ4v) is 6.13. The van der Waals surface area contributed by atoms with E-state index in [1.165, 1.54) is 0 Å². The van der Waals surface area contributed by atoms with Crippen molar-refractivity contribution in [3.8, 4) is 0 Å². The van der Waals surface area contributed by atoms with Crippen LogP contribution in [-0.4, -0.2) is 39.3 Å². The molecular weight excluding hydrogens is 472 g/mol. The van der Waals surface area contributed by atoms with Crippen LogP contribution >= 0.6 is 22.9 Å². The van der Waals surface area contributed by atoms with Gasteiger partial charge in [-0.05, 0) is 38.2 Å². The molecule has 1 aliphatic carbocycles. The molecule has 0 radical (unpaired) electrons. The quantitative estimate of drug-likeness (QED) is 0.265. The number of rotatable bonds is 11. The summed E-state index contributed by atoms with van der Waals surface area (Å²) in [6.07, 6.45) is 8.68. The lowest BCUT2D eigenvalue weighted by molar-refractivity contribution is -0.137. The Morgan fingerprint density at radius 2 is 2.00 bits per heavy atom. The standard InChI is InChI=1S/C27H33ClO5S/c1-27(2)25(32)18(9-5-3-4-6-12-23(30)31)19(26(27)33)15-13-17(29)14-16-22-24(28)20-10-7-8-11-21(20)34-22/h3,5,7-8,10-11,13,15,17-19,26,29,33H,4,6,9,12,14,16H2,1-2H3,(H,30,31)/b5-3-,15-13+/t17?,18?,19-,26?/m1/s1. The summed E-state index contributed by atoms with van der Waals surface area (Å²) in [5, 5.41) is 31.9. The number of aliphatic hydroxyl groups excluding tert-OH is 2. The average Bonchev–Trinajstić information content (AvgIpc) is 3.20. The second-order valence-electron chi connectivity index (χ2n) is 9.53. The number of carbonyl (C=O) groups excluding carboxylic acids is 1. The van der Waals surface area contributed by atoms with Crippen LogP contribution in [0.5, 0.6) is 0 Å². The summed E-state index contributed by atoms with van der Waals surface area (Å²) in [6.45, 7) is 3.52. The molecule has 184 valence electrons. The number of ketones is 1. The number of benzene rings is 1. The molecular formula is C27H33ClO5S. The third kappa shape index (κ3) is 6.16. The van der Waals surface area contributed by atoms with Gasteiger partial charge in [0, 0.05) is 33.2 Å². The highest BCUT2D eigenvalue weighted by atomic mass is 35.5. The monoisotopic (exact) mass is 504 g/mol. The second-order valence-corrected chi connectivity index (χ2v) is 11.0. The highest BCUT2D eigenvalue weighted by Crippen LogP contribution is 2.45. The van der Waals surface area contributed by atoms with Crippen LogP contribution in [0, 0.1) is 17.3 Å². The number of hydrogen-bond acceptors (Lipinski definition) is 5. The van der Waals surface area contributed by atoms with E-state index in [0.29, 0.717) is 32.1 Å². The Morgan fingerprint density at radius 1 is 1.26 bits per heavy atom. The van der Waals surface area contributed by atoms with Gasteiger partial charge in [-0.25, -0.2) is 0 Å². The zero-order valence-corrected chi connectivity index (χ0v) is 21.2. The first kappa shape index (κ1) is 26.6. The van der Waals surface area contributed by atoms with Gasteiger partial charge in [0.05, 0.1) is 22.6 Å². The number of thiophene rings is 1. The maximum absolute atomic E-state index is 13.0. The minimum atomic E-state index is -0.855. The summed E-state index contributed by atoms with van der Waals surface area (Å²) in [6, 6.07) is 7.97. The van der Waals surface area contributed by atoms with Crippen LogP contribution in [0.1, 0.15) is 50.8 Å². The molecule has 7 heteroatoms. The topological polar surface area (TPSA) is 94.8 Å². The number of unbranched alkanes of at least 4 members (excludes halogenated alkanes) is 1. The van der Waals surface area contributed by atoms with Crippen molar-refractivity contribution in [2.75, 3.05) is 0 Å². The summed E-state index contributed by atoms with van der Waals surface area (Å²) >= 11 is 8.14. The Bertz CT molecular complexity index is 1070. The highest BCUT2D eigenvalue weighted by Gasteiger charge is 2.52. The SMILES string of the molecule is CC1(C)C(=O)C(C/C=C\CCCC(=O)O)[C@@H](/C=C/C(O)CCc2sc3ccccc3c2Cl)C1O. The number of aliphatic hydroxyl groups is 2. The molecule has 0 amide bonds. The van der Waals surface area contributed by atoms with E-state index in [1.54, 1.807) is 37.3 Å². The van der Waals surface area contributed by atoms with E-state index >= 15 is 0 Å². The molecule has 1 aromatic heterocycles. The Morgan fingerprint density at radius 3 is 2.71 bits per heavy atom. The van der Waals surface area contributed by atoms with Crippen molar-refractivity contribution in [1.29, 1.82) is 0 Å². The number of Topliss-reactive ketones (excluding diaryl/α,β-unsaturated/α-hetero) is 1. The van der Waals surface area contributed by atoms with Crippen LogP contribution in [0.2, 0.25) is 5.02 Å². The summed E-state index contributed by atoms with van der Waals surface area (Å²) in [4.78, 5) is 24.6. The normalized spacial score (nSPS) is 23.4. The van der Waals surface area contributed by atoms with Gasteiger partial charge in [-0.2, -0.15) is 0 Å². The van der Waals surface area contributed by atoms with Crippen molar-refractivity contribution in [3.63, 3.8) is 0 Å². The van der Waals surface area contributed by atoms with Crippen LogP contribution in [0.4, 0.5) is 0 Å². The third-order valence-electron chi connectivity index (χ3n) is 6.68. The van der Waals surface area contributed by atoms with Gasteiger partial charge >= 0.3 is 5.97 Å². The predicted octanol–water partition coefficient (Wildman–Crippen LogP) is 5.81. The summed E-state index contributed by atoms with van der Waals surface area (Å²) in [5.74, 6) is -1.56. The number of hydrogen-bond donors (Lipinski definition) is 3. The minimum Gasteiger partial charge on any atom is -0.481 e. The molecule has 3 N–H and O–H groups in total. The first-order valence-corrected chi connectivity index (χ1v) is 12.9. The van der Waals surface area contributed by atoms with Gasteiger partial charge in [-0.1, -0.05) is 68.0 Å². The van der Waals surface area contributed by atoms with Gasteiger partial charge in [-0.15, -0.1) is 11.3 Å². The number of halogens is 1. The molecule has 1 fully saturated rings. The van der Waals surface area contributed by atoms with Gasteiger partial charge in [0.2, 0.25) is 0 Å². The fourth-order valence-electron chi connectivity index (χ4n) is 4.59. The summed E-state index contributed by atoms with van der Waals surface area (Å²) in [5.41, 5.74) is -0.855. The molecule has 34 heavy (non-hydrogen) atoms. The van der Waals surface area contributed by atoms with Crippen molar-refractivity contribution in [2.24, 2.45) is 17.3 Å². The second kappa shape index (κ2) is 11.6. The number of allylic oxidation sites excluding steroid dienone is 2. The van der Waals surface area contributed by atoms with Gasteiger partial charge < -0.3 is 15.3 Å². The Labute approximate surface area is 209 Å². The van der Waals surface area contributed by atoms with Crippen LogP contribution in [0.15, 0.2) is 48.6 Å². The molecule has 3 unspecified atom stereocenters. The van der Waals surface area contributed by atoms with E-state index < -0.39 is 23.6 Å². The Kier molecular flexibility index (Phi) is 9.10. The lowest BCUT2D eigenvalue weighted by Gasteiger charge is -2.22. The predicted molar refractivity (Wildman–Crippen MR) is 137 cm³/mol. The van der Waals surface area contributed by atoms with Crippen LogP contribution in [-0.2, 0) is 16.0 Å². The molecule has 0 spiro atoms. The Hall–Kier alpha value is -1.99. The molecule has 0 aliphatic heterocycles. The van der Waals surface area contributed by atoms with Gasteiger partial charge in [0.1, 0.15) is 5.78 Å². The van der Waals surface area contributed by atoms with Gasteiger partial charge in [0.15, 0.2) is 0 Å². The van der Waals surface area contributed by atoms with E-state index in [-0.39, 0.29) is 24.0 Å². The molecule has 1 saturated carbocycles. The molecule has 2 aromatic rings. The van der Waals surface area contributed by atoms with Gasteiger partial charge in [-0.3, -0.25) is 9.59 Å². The largest absolute Gasteiger partial charge is 0.481 e. The van der Waals surface area contributed by atoms with E-state index in [2.05, 4.69) is 0 Å². The van der Waals surface area contributed by atoms with Gasteiger partial charge in [0.25, 0.3) is 0 Å². The zero-order chi connectivity index (χ0) is 24.9. The maximum Gasteiger partial charge on any atom is 0.303 e. The molecule has 1 aliphatic rings. The van der Waals surface area contributed by atoms with E-state index in [0.717, 1.165) is 20.0 Å². The smallest absolute Gasteiger partial charge is 0.303 e. The van der Waals surface area contributed by atoms with E-state index in [9.17, 15) is 19.8 Å². The maximum atomic E-state index is 13.0. The molecule has 0 bridgehead atoms. The average molecular weight is 505 g/mol. The number of fused-ring (bicyclic) bond motifs is 1. The van der Waals surface area contributed by atoms with Crippen LogP contribution < -0.4 is 0 Å². The lowest BCUT2D eigenvalue weighted by atomic mass is 9.86. The number of aliphatic carboxylic acids is 1. The minimum absolute atomic E-state index is 0.0105. The third-order valence-corrected chi connectivity index (χ3v) is 8.46. The molecule has 4 atom stereocenters. The summed E-state index contributed by atoms with van der Waals surface area (Å²) in [7, 11) is 0. The lowest BCUT2D eigenvalue weighted by Crippen LogP contribution is -2.31. The fraction of sp³-hybridized carbons (Fsp3) is 0.481. The number of carboxylic acids is 1. The van der Waals surface area contributed by atoms with Crippen molar-refractivity contribution in [3.05, 3.63) is 58.5 Å². The van der Waals surface area contributed by atoms with Crippen LogP contribution in [0.25, 0.3) is 10.1 Å². The molecule has 3 rings (SSSR count). The first-order valence-electron chi connectivity index (χ1n) is 11.7. The van der Waals surface area contributed by atoms with Crippen molar-refractivity contribution < 1.29 is 24.9 Å². The zero-order valence-electron chi connectivity index (χ0n) is 19.6. The molecule has 1 heterocycles. The number of aryl methyl sites for hydroxylation is 1. The Balaban J connectivity index is 1.61. The van der Waals surface area contributed by atoms with Crippen molar-refractivity contribution in [1.82, 2.24) is 0 Å². The number of carbonyl (C=O) groups is 2. The first-order chi connectivity index (χ1) is 16.1. The molecule has 1 aromatic carbocycles.